The lowest BCUT2D eigenvalue weighted by Gasteiger charge is -2.17. The molecule has 23 heavy (non-hydrogen) atoms. The standard InChI is InChI=1S/C14H18N6O2S/c1-5-10(20-13(16)18-19-14(20)23-4)11(21)17-12-9(6-15)7(2)8(3)22-12/h10H,5H2,1-4H3,(H2,16,18)(H,17,21). The molecule has 1 amide bonds. The number of nitrogen functional groups attached to an aromatic ring is 1. The lowest BCUT2D eigenvalue weighted by molar-refractivity contribution is -0.119. The molecule has 2 aromatic heterocycles. The number of anilines is 2. The molecule has 2 aromatic rings. The molecule has 0 fully saturated rings. The van der Waals surface area contributed by atoms with Crippen molar-refractivity contribution in [1.82, 2.24) is 14.8 Å². The van der Waals surface area contributed by atoms with Crippen LogP contribution in [0.3, 0.4) is 0 Å². The van der Waals surface area contributed by atoms with Gasteiger partial charge in [0.1, 0.15) is 23.4 Å². The maximum Gasteiger partial charge on any atom is 0.249 e. The number of hydrogen-bond acceptors (Lipinski definition) is 7. The molecule has 0 saturated carbocycles. The van der Waals surface area contributed by atoms with E-state index < -0.39 is 6.04 Å². The Morgan fingerprint density at radius 2 is 2.22 bits per heavy atom. The van der Waals surface area contributed by atoms with Gasteiger partial charge in [0.15, 0.2) is 5.16 Å². The maximum atomic E-state index is 12.6. The Bertz CT molecular complexity index is 773. The quantitative estimate of drug-likeness (QED) is 0.804. The van der Waals surface area contributed by atoms with E-state index in [0.29, 0.717) is 28.5 Å². The minimum Gasteiger partial charge on any atom is -0.444 e. The molecule has 0 aliphatic carbocycles. The highest BCUT2D eigenvalue weighted by molar-refractivity contribution is 7.98. The van der Waals surface area contributed by atoms with Crippen molar-refractivity contribution >= 4 is 29.5 Å². The first-order valence-corrected chi connectivity index (χ1v) is 8.22. The van der Waals surface area contributed by atoms with Crippen LogP contribution < -0.4 is 11.1 Å². The Morgan fingerprint density at radius 3 is 2.78 bits per heavy atom. The summed E-state index contributed by atoms with van der Waals surface area (Å²) in [5.41, 5.74) is 6.87. The van der Waals surface area contributed by atoms with Crippen molar-refractivity contribution in [2.24, 2.45) is 0 Å². The van der Waals surface area contributed by atoms with E-state index in [0.717, 1.165) is 0 Å². The summed E-state index contributed by atoms with van der Waals surface area (Å²) < 4.78 is 7.05. The van der Waals surface area contributed by atoms with Gasteiger partial charge in [-0.3, -0.25) is 14.7 Å². The number of aromatic nitrogens is 3. The second-order valence-electron chi connectivity index (χ2n) is 4.93. The normalized spacial score (nSPS) is 12.0. The van der Waals surface area contributed by atoms with Crippen molar-refractivity contribution in [2.75, 3.05) is 17.3 Å². The van der Waals surface area contributed by atoms with Gasteiger partial charge >= 0.3 is 0 Å². The Hall–Kier alpha value is -2.47. The van der Waals surface area contributed by atoms with Gasteiger partial charge in [-0.1, -0.05) is 18.7 Å². The predicted octanol–water partition coefficient (Wildman–Crippen LogP) is 2.25. The van der Waals surface area contributed by atoms with Gasteiger partial charge < -0.3 is 10.2 Å². The van der Waals surface area contributed by atoms with E-state index in [-0.39, 0.29) is 17.7 Å². The van der Waals surface area contributed by atoms with E-state index >= 15 is 0 Å². The van der Waals surface area contributed by atoms with Crippen LogP contribution in [0.1, 0.15) is 36.3 Å². The smallest absolute Gasteiger partial charge is 0.249 e. The van der Waals surface area contributed by atoms with Crippen LogP contribution in [-0.2, 0) is 4.79 Å². The Morgan fingerprint density at radius 1 is 1.52 bits per heavy atom. The summed E-state index contributed by atoms with van der Waals surface area (Å²) in [4.78, 5) is 12.6. The van der Waals surface area contributed by atoms with Gasteiger partial charge in [0, 0.05) is 5.56 Å². The number of aryl methyl sites for hydroxylation is 1. The van der Waals surface area contributed by atoms with Gasteiger partial charge in [0.05, 0.1) is 0 Å². The van der Waals surface area contributed by atoms with Gasteiger partial charge in [0.25, 0.3) is 0 Å². The van der Waals surface area contributed by atoms with Gasteiger partial charge in [-0.2, -0.15) is 5.26 Å². The minimum absolute atomic E-state index is 0.156. The number of nitriles is 1. The van der Waals surface area contributed by atoms with Gasteiger partial charge in [-0.25, -0.2) is 0 Å². The number of hydrogen-bond donors (Lipinski definition) is 2. The molecule has 0 aromatic carbocycles. The van der Waals surface area contributed by atoms with Gasteiger partial charge in [0.2, 0.25) is 17.7 Å². The van der Waals surface area contributed by atoms with Crippen LogP contribution in [0.4, 0.5) is 11.8 Å². The number of thioether (sulfide) groups is 1. The highest BCUT2D eigenvalue weighted by Crippen LogP contribution is 2.28. The highest BCUT2D eigenvalue weighted by atomic mass is 32.2. The topological polar surface area (TPSA) is 123 Å². The van der Waals surface area contributed by atoms with Crippen molar-refractivity contribution in [3.63, 3.8) is 0 Å². The van der Waals surface area contributed by atoms with E-state index in [2.05, 4.69) is 15.5 Å². The average Bonchev–Trinajstić information content (AvgIpc) is 3.01. The molecule has 2 heterocycles. The summed E-state index contributed by atoms with van der Waals surface area (Å²) in [6.07, 6.45) is 2.32. The van der Waals surface area contributed by atoms with Crippen LogP contribution in [0.25, 0.3) is 0 Å². The van der Waals surface area contributed by atoms with Crippen molar-refractivity contribution in [2.45, 2.75) is 38.4 Å². The third kappa shape index (κ3) is 3.03. The first-order chi connectivity index (χ1) is 10.9. The second-order valence-corrected chi connectivity index (χ2v) is 5.70. The second kappa shape index (κ2) is 6.75. The Balaban J connectivity index is 2.34. The molecule has 0 aliphatic heterocycles. The number of rotatable bonds is 5. The van der Waals surface area contributed by atoms with Crippen molar-refractivity contribution in [3.8, 4) is 6.07 Å². The van der Waals surface area contributed by atoms with Gasteiger partial charge in [-0.15, -0.1) is 10.2 Å². The molecule has 0 radical (unpaired) electrons. The average molecular weight is 334 g/mol. The fraction of sp³-hybridized carbons (Fsp3) is 0.429. The van der Waals surface area contributed by atoms with Gasteiger partial charge in [-0.05, 0) is 26.5 Å². The summed E-state index contributed by atoms with van der Waals surface area (Å²) >= 11 is 1.35. The fourth-order valence-corrected chi connectivity index (χ4v) is 2.79. The predicted molar refractivity (Wildman–Crippen MR) is 87.1 cm³/mol. The molecule has 0 bridgehead atoms. The number of amides is 1. The molecule has 0 saturated heterocycles. The van der Waals surface area contributed by atoms with Crippen LogP contribution in [0.5, 0.6) is 0 Å². The fourth-order valence-electron chi connectivity index (χ4n) is 2.25. The van der Waals surface area contributed by atoms with E-state index in [4.69, 9.17) is 10.2 Å². The summed E-state index contributed by atoms with van der Waals surface area (Å²) in [6.45, 7) is 5.37. The summed E-state index contributed by atoms with van der Waals surface area (Å²) in [6, 6.07) is 1.45. The number of carbonyl (C=O) groups excluding carboxylic acids is 1. The molecule has 3 N–H and O–H groups in total. The van der Waals surface area contributed by atoms with Crippen LogP contribution in [0.15, 0.2) is 9.57 Å². The van der Waals surface area contributed by atoms with Crippen molar-refractivity contribution in [3.05, 3.63) is 16.9 Å². The first kappa shape index (κ1) is 16.9. The van der Waals surface area contributed by atoms with Crippen LogP contribution in [0, 0.1) is 25.2 Å². The highest BCUT2D eigenvalue weighted by Gasteiger charge is 2.26. The summed E-state index contributed by atoms with van der Waals surface area (Å²) in [5, 5.41) is 20.2. The number of nitrogens with zero attached hydrogens (tertiary/aromatic N) is 4. The Labute approximate surface area is 138 Å². The zero-order chi connectivity index (χ0) is 17.1. The Kier molecular flexibility index (Phi) is 4.95. The number of nitrogens with two attached hydrogens (primary N) is 1. The number of carbonyl (C=O) groups is 1. The lowest BCUT2D eigenvalue weighted by Crippen LogP contribution is -2.27. The molecule has 1 atom stereocenters. The van der Waals surface area contributed by atoms with Crippen LogP contribution in [-0.4, -0.2) is 26.9 Å². The third-order valence-corrected chi connectivity index (χ3v) is 4.25. The van der Waals surface area contributed by atoms with Crippen LogP contribution >= 0.6 is 11.8 Å². The molecule has 0 spiro atoms. The molecule has 0 aliphatic rings. The number of nitrogens with one attached hydrogen (secondary N) is 1. The zero-order valence-electron chi connectivity index (χ0n) is 13.4. The molecule has 1 unspecified atom stereocenters. The van der Waals surface area contributed by atoms with E-state index in [1.807, 2.05) is 19.2 Å². The lowest BCUT2D eigenvalue weighted by atomic mass is 10.1. The van der Waals surface area contributed by atoms with E-state index in [1.54, 1.807) is 18.4 Å². The molecule has 2 rings (SSSR count). The van der Waals surface area contributed by atoms with Crippen LogP contribution in [0.2, 0.25) is 0 Å². The maximum absolute atomic E-state index is 12.6. The number of furan rings is 1. The molecule has 8 nitrogen and oxygen atoms in total. The third-order valence-electron chi connectivity index (χ3n) is 3.61. The summed E-state index contributed by atoms with van der Waals surface area (Å²) in [7, 11) is 0. The first-order valence-electron chi connectivity index (χ1n) is 6.99. The monoisotopic (exact) mass is 334 g/mol. The van der Waals surface area contributed by atoms with E-state index in [9.17, 15) is 10.1 Å². The minimum atomic E-state index is -0.593. The molecule has 9 heteroatoms. The molecular weight excluding hydrogens is 316 g/mol. The molecule has 122 valence electrons. The van der Waals surface area contributed by atoms with Crippen molar-refractivity contribution in [1.29, 1.82) is 5.26 Å². The summed E-state index contributed by atoms with van der Waals surface area (Å²) in [5.74, 6) is 0.588. The zero-order valence-corrected chi connectivity index (χ0v) is 14.2. The van der Waals surface area contributed by atoms with Crippen molar-refractivity contribution < 1.29 is 9.21 Å². The largest absolute Gasteiger partial charge is 0.444 e. The SMILES string of the molecule is CCC(C(=O)Nc1oc(C)c(C)c1C#N)n1c(N)nnc1SC. The molecular formula is C14H18N6O2S. The van der Waals surface area contributed by atoms with E-state index in [1.165, 1.54) is 11.8 Å².